The molecule has 2 bridgehead atoms. The smallest absolute Gasteiger partial charge is 0.201 e. The van der Waals surface area contributed by atoms with Gasteiger partial charge in [0.05, 0.1) is 6.10 Å². The van der Waals surface area contributed by atoms with Crippen molar-refractivity contribution in [2.45, 2.75) is 77.2 Å². The first-order valence-corrected chi connectivity index (χ1v) is 8.16. The van der Waals surface area contributed by atoms with Gasteiger partial charge in [-0.25, -0.2) is 9.78 Å². The van der Waals surface area contributed by atoms with Crippen molar-refractivity contribution in [1.82, 2.24) is 0 Å². The summed E-state index contributed by atoms with van der Waals surface area (Å²) < 4.78 is 12.5. The Labute approximate surface area is 121 Å². The molecule has 5 aliphatic rings. The summed E-state index contributed by atoms with van der Waals surface area (Å²) in [6.45, 7) is 8.77. The van der Waals surface area contributed by atoms with Crippen molar-refractivity contribution in [2.75, 3.05) is 0 Å². The van der Waals surface area contributed by atoms with E-state index in [0.717, 1.165) is 12.8 Å². The summed E-state index contributed by atoms with van der Waals surface area (Å²) in [6.07, 6.45) is 4.41. The van der Waals surface area contributed by atoms with Gasteiger partial charge in [-0.3, -0.25) is 0 Å². The largest absolute Gasteiger partial charge is 0.346 e. The molecule has 5 fully saturated rings. The second kappa shape index (κ2) is 4.19. The Hall–Kier alpha value is -0.160. The zero-order valence-electron chi connectivity index (χ0n) is 12.9. The predicted octanol–water partition coefficient (Wildman–Crippen LogP) is 3.26. The zero-order chi connectivity index (χ0) is 14.1. The number of hydrogen-bond acceptors (Lipinski definition) is 4. The Balaban J connectivity index is 1.82. The fourth-order valence-electron chi connectivity index (χ4n) is 5.08. The molecule has 4 heterocycles. The van der Waals surface area contributed by atoms with Crippen LogP contribution in [0, 0.1) is 23.7 Å². The maximum atomic E-state index is 6.23. The van der Waals surface area contributed by atoms with Gasteiger partial charge in [0, 0.05) is 12.3 Å². The van der Waals surface area contributed by atoms with Gasteiger partial charge in [0.2, 0.25) is 5.79 Å². The fraction of sp³-hybridized carbons (Fsp3) is 1.00. The topological polar surface area (TPSA) is 36.9 Å². The van der Waals surface area contributed by atoms with Gasteiger partial charge in [-0.05, 0) is 50.9 Å². The van der Waals surface area contributed by atoms with E-state index in [1.165, 1.54) is 12.8 Å². The van der Waals surface area contributed by atoms with Gasteiger partial charge in [0.25, 0.3) is 0 Å². The summed E-state index contributed by atoms with van der Waals surface area (Å²) in [6, 6.07) is 0. The lowest BCUT2D eigenvalue weighted by atomic mass is 9.57. The van der Waals surface area contributed by atoms with E-state index in [2.05, 4.69) is 20.8 Å². The van der Waals surface area contributed by atoms with Crippen molar-refractivity contribution in [3.63, 3.8) is 0 Å². The highest BCUT2D eigenvalue weighted by molar-refractivity contribution is 5.09. The maximum absolute atomic E-state index is 6.23. The minimum Gasteiger partial charge on any atom is -0.346 e. The van der Waals surface area contributed by atoms with Gasteiger partial charge in [-0.1, -0.05) is 13.8 Å². The quantitative estimate of drug-likeness (QED) is 0.639. The molecular formula is C16H26O4. The number of fused-ring (bicyclic) bond motifs is 2. The average molecular weight is 282 g/mol. The Kier molecular flexibility index (Phi) is 2.83. The van der Waals surface area contributed by atoms with Gasteiger partial charge >= 0.3 is 0 Å². The Bertz CT molecular complexity index is 409. The van der Waals surface area contributed by atoms with Crippen LogP contribution >= 0.6 is 0 Å². The number of ether oxygens (including phenoxy) is 2. The van der Waals surface area contributed by atoms with Crippen molar-refractivity contribution in [3.05, 3.63) is 0 Å². The molecule has 4 saturated heterocycles. The third-order valence-electron chi connectivity index (χ3n) is 6.49. The molecule has 4 aliphatic heterocycles. The summed E-state index contributed by atoms with van der Waals surface area (Å²) in [7, 11) is 0. The van der Waals surface area contributed by atoms with E-state index in [1.807, 2.05) is 6.92 Å². The van der Waals surface area contributed by atoms with Crippen LogP contribution in [0.25, 0.3) is 0 Å². The highest BCUT2D eigenvalue weighted by Crippen LogP contribution is 2.60. The molecule has 0 radical (unpaired) electrons. The Morgan fingerprint density at radius 1 is 0.950 bits per heavy atom. The van der Waals surface area contributed by atoms with Gasteiger partial charge in [-0.2, -0.15) is 0 Å². The molecule has 0 N–H and O–H groups in total. The first kappa shape index (κ1) is 13.5. The molecule has 0 aromatic heterocycles. The van der Waals surface area contributed by atoms with E-state index >= 15 is 0 Å². The van der Waals surface area contributed by atoms with Gasteiger partial charge in [-0.15, -0.1) is 0 Å². The molecule has 1 saturated carbocycles. The Morgan fingerprint density at radius 3 is 2.55 bits per heavy atom. The highest BCUT2D eigenvalue weighted by atomic mass is 17.3. The molecule has 4 nitrogen and oxygen atoms in total. The number of rotatable bonds is 0. The summed E-state index contributed by atoms with van der Waals surface area (Å²) in [5, 5.41) is 0. The first-order valence-electron chi connectivity index (χ1n) is 8.16. The Morgan fingerprint density at radius 2 is 1.75 bits per heavy atom. The fourth-order valence-corrected chi connectivity index (χ4v) is 5.08. The van der Waals surface area contributed by atoms with E-state index in [4.69, 9.17) is 19.2 Å². The van der Waals surface area contributed by atoms with Crippen molar-refractivity contribution in [1.29, 1.82) is 0 Å². The second-order valence-corrected chi connectivity index (χ2v) is 7.61. The summed E-state index contributed by atoms with van der Waals surface area (Å²) in [4.78, 5) is 11.8. The molecule has 20 heavy (non-hydrogen) atoms. The molecule has 0 aromatic carbocycles. The molecule has 8 atom stereocenters. The first-order chi connectivity index (χ1) is 9.46. The molecule has 0 amide bonds. The lowest BCUT2D eigenvalue weighted by Crippen LogP contribution is -2.70. The molecule has 0 aromatic rings. The van der Waals surface area contributed by atoms with Crippen LogP contribution in [0.1, 0.15) is 53.4 Å². The lowest BCUT2D eigenvalue weighted by Gasteiger charge is -2.60. The van der Waals surface area contributed by atoms with E-state index in [1.54, 1.807) is 0 Å². The molecule has 114 valence electrons. The minimum absolute atomic E-state index is 0.219. The van der Waals surface area contributed by atoms with Crippen LogP contribution in [0.2, 0.25) is 0 Å². The third kappa shape index (κ3) is 1.57. The van der Waals surface area contributed by atoms with Crippen LogP contribution < -0.4 is 0 Å². The van der Waals surface area contributed by atoms with Crippen LogP contribution in [0.3, 0.4) is 0 Å². The SMILES string of the molecule is CC1CCC2C(C)C(C)OC3OC4(C)CCC1C32OO4. The highest BCUT2D eigenvalue weighted by Gasteiger charge is 2.68. The normalized spacial score (nSPS) is 61.8. The predicted molar refractivity (Wildman–Crippen MR) is 72.5 cm³/mol. The minimum atomic E-state index is -0.641. The summed E-state index contributed by atoms with van der Waals surface area (Å²) in [5.41, 5.74) is -0.389. The molecular weight excluding hydrogens is 256 g/mol. The van der Waals surface area contributed by atoms with Crippen LogP contribution in [0.5, 0.6) is 0 Å². The third-order valence-corrected chi connectivity index (χ3v) is 6.49. The van der Waals surface area contributed by atoms with E-state index in [9.17, 15) is 0 Å². The van der Waals surface area contributed by atoms with Gasteiger partial charge in [0.1, 0.15) is 0 Å². The summed E-state index contributed by atoms with van der Waals surface area (Å²) >= 11 is 0. The maximum Gasteiger partial charge on any atom is 0.201 e. The van der Waals surface area contributed by atoms with Crippen molar-refractivity contribution in [2.24, 2.45) is 23.7 Å². The van der Waals surface area contributed by atoms with Crippen molar-refractivity contribution >= 4 is 0 Å². The lowest BCUT2D eigenvalue weighted by molar-refractivity contribution is -0.570. The van der Waals surface area contributed by atoms with Crippen LogP contribution in [-0.4, -0.2) is 23.8 Å². The molecule has 5 rings (SSSR count). The average Bonchev–Trinajstić information content (AvgIpc) is 2.63. The van der Waals surface area contributed by atoms with Crippen molar-refractivity contribution in [3.8, 4) is 0 Å². The molecule has 1 spiro atoms. The van der Waals surface area contributed by atoms with E-state index in [0.29, 0.717) is 23.7 Å². The summed E-state index contributed by atoms with van der Waals surface area (Å²) in [5.74, 6) is 1.44. The van der Waals surface area contributed by atoms with Crippen LogP contribution in [0.4, 0.5) is 0 Å². The van der Waals surface area contributed by atoms with Crippen LogP contribution in [0.15, 0.2) is 0 Å². The van der Waals surface area contributed by atoms with E-state index in [-0.39, 0.29) is 18.0 Å². The van der Waals surface area contributed by atoms with E-state index < -0.39 is 5.79 Å². The van der Waals surface area contributed by atoms with Crippen molar-refractivity contribution < 1.29 is 19.2 Å². The monoisotopic (exact) mass is 282 g/mol. The van der Waals surface area contributed by atoms with Gasteiger partial charge < -0.3 is 9.47 Å². The second-order valence-electron chi connectivity index (χ2n) is 7.61. The molecule has 4 heteroatoms. The standard InChI is InChI=1S/C16H26O4/c1-9-5-6-13-10(2)11(3)17-14-16(13)12(9)7-8-15(4,18-14)19-20-16/h9-14H,5-8H2,1-4H3. The number of hydrogen-bond donors (Lipinski definition) is 0. The van der Waals surface area contributed by atoms with Gasteiger partial charge in [0.15, 0.2) is 11.9 Å². The molecule has 8 unspecified atom stereocenters. The zero-order valence-corrected chi connectivity index (χ0v) is 12.9. The van der Waals surface area contributed by atoms with Crippen LogP contribution in [-0.2, 0) is 19.2 Å². The molecule has 1 aliphatic carbocycles.